The molecule has 76 valence electrons. The van der Waals surface area contributed by atoms with Gasteiger partial charge in [-0.1, -0.05) is 0 Å². The fourth-order valence-electron chi connectivity index (χ4n) is 1.98. The number of aromatic nitrogens is 2. The second-order valence-corrected chi connectivity index (χ2v) is 4.15. The van der Waals surface area contributed by atoms with Gasteiger partial charge in [-0.2, -0.15) is 0 Å². The highest BCUT2D eigenvalue weighted by Gasteiger charge is 2.22. The number of aryl methyl sites for hydroxylation is 2. The van der Waals surface area contributed by atoms with E-state index in [1.807, 2.05) is 13.8 Å². The van der Waals surface area contributed by atoms with Gasteiger partial charge in [0.15, 0.2) is 0 Å². The molecule has 1 heterocycles. The Kier molecular flexibility index (Phi) is 2.40. The van der Waals surface area contributed by atoms with E-state index < -0.39 is 0 Å². The lowest BCUT2D eigenvalue weighted by Crippen LogP contribution is -2.13. The van der Waals surface area contributed by atoms with Gasteiger partial charge in [-0.15, -0.1) is 0 Å². The molecule has 0 aliphatic heterocycles. The van der Waals surface area contributed by atoms with Crippen molar-refractivity contribution in [2.24, 2.45) is 0 Å². The van der Waals surface area contributed by atoms with Crippen molar-refractivity contribution >= 4 is 5.78 Å². The van der Waals surface area contributed by atoms with Crippen LogP contribution in [0.15, 0.2) is 0 Å². The van der Waals surface area contributed by atoms with Gasteiger partial charge in [-0.3, -0.25) is 4.79 Å². The van der Waals surface area contributed by atoms with E-state index in [-0.39, 0.29) is 0 Å². The lowest BCUT2D eigenvalue weighted by Gasteiger charge is -2.18. The third kappa shape index (κ3) is 1.72. The molecule has 1 aromatic heterocycles. The Hall–Kier alpha value is -1.12. The summed E-state index contributed by atoms with van der Waals surface area (Å²) in [5.74, 6) is 1.95. The summed E-state index contributed by atoms with van der Waals surface area (Å²) in [6.45, 7) is 4.06. The molecular weight excluding hydrogens is 176 g/mol. The summed E-state index contributed by atoms with van der Waals surface area (Å²) in [6, 6.07) is 0. The molecule has 0 saturated heterocycles. The normalized spacial score (nSPS) is 18.9. The van der Waals surface area contributed by atoms with Gasteiger partial charge in [0.05, 0.1) is 5.69 Å². The first-order valence-electron chi connectivity index (χ1n) is 5.21. The largest absolute Gasteiger partial charge is 0.346 e. The molecule has 1 aliphatic rings. The van der Waals surface area contributed by atoms with E-state index in [4.69, 9.17) is 0 Å². The maximum Gasteiger partial charge on any atom is 0.132 e. The van der Waals surface area contributed by atoms with Crippen LogP contribution in [0.1, 0.15) is 48.8 Å². The van der Waals surface area contributed by atoms with Crippen molar-refractivity contribution in [1.82, 2.24) is 9.97 Å². The molecule has 0 atom stereocenters. The van der Waals surface area contributed by atoms with Gasteiger partial charge in [0.1, 0.15) is 11.6 Å². The van der Waals surface area contributed by atoms with Crippen LogP contribution in [0.4, 0.5) is 0 Å². The molecule has 0 aromatic carbocycles. The Morgan fingerprint density at radius 2 is 1.93 bits per heavy atom. The molecule has 1 aromatic rings. The summed E-state index contributed by atoms with van der Waals surface area (Å²) in [4.78, 5) is 18.9. The number of imidazole rings is 1. The number of hydrogen-bond acceptors (Lipinski definition) is 2. The first kappa shape index (κ1) is 9.44. The number of nitrogens with one attached hydrogen (secondary N) is 1. The minimum absolute atomic E-state index is 0.404. The zero-order valence-corrected chi connectivity index (χ0v) is 8.76. The lowest BCUT2D eigenvalue weighted by atomic mass is 9.88. The first-order valence-corrected chi connectivity index (χ1v) is 5.21. The Labute approximate surface area is 83.9 Å². The third-order valence-electron chi connectivity index (χ3n) is 3.08. The summed E-state index contributed by atoms with van der Waals surface area (Å²) in [7, 11) is 0. The molecule has 1 saturated carbocycles. The van der Waals surface area contributed by atoms with Gasteiger partial charge in [-0.05, 0) is 26.7 Å². The number of ketones is 1. The number of H-pyrrole nitrogens is 1. The average Bonchev–Trinajstić information content (AvgIpc) is 2.48. The van der Waals surface area contributed by atoms with E-state index >= 15 is 0 Å². The van der Waals surface area contributed by atoms with Crippen molar-refractivity contribution in [3.63, 3.8) is 0 Å². The van der Waals surface area contributed by atoms with Crippen LogP contribution in [-0.4, -0.2) is 15.8 Å². The number of hydrogen-bond donors (Lipinski definition) is 1. The van der Waals surface area contributed by atoms with Gasteiger partial charge in [0.25, 0.3) is 0 Å². The van der Waals surface area contributed by atoms with E-state index in [0.29, 0.717) is 11.7 Å². The summed E-state index contributed by atoms with van der Waals surface area (Å²) < 4.78 is 0. The highest BCUT2D eigenvalue weighted by Crippen LogP contribution is 2.29. The van der Waals surface area contributed by atoms with Crippen LogP contribution in [0.25, 0.3) is 0 Å². The van der Waals surface area contributed by atoms with Gasteiger partial charge in [0.2, 0.25) is 0 Å². The van der Waals surface area contributed by atoms with E-state index in [1.54, 1.807) is 0 Å². The molecule has 3 nitrogen and oxygen atoms in total. The molecule has 0 bridgehead atoms. The lowest BCUT2D eigenvalue weighted by molar-refractivity contribution is -0.120. The Bertz CT molecular complexity index is 325. The fraction of sp³-hybridized carbons (Fsp3) is 0.636. The molecule has 1 aliphatic carbocycles. The van der Waals surface area contributed by atoms with Gasteiger partial charge in [-0.25, -0.2) is 4.98 Å². The third-order valence-corrected chi connectivity index (χ3v) is 3.08. The van der Waals surface area contributed by atoms with Gasteiger partial charge in [0, 0.05) is 24.5 Å². The quantitative estimate of drug-likeness (QED) is 0.741. The molecule has 0 spiro atoms. The smallest absolute Gasteiger partial charge is 0.132 e. The van der Waals surface area contributed by atoms with Crippen molar-refractivity contribution in [2.45, 2.75) is 45.4 Å². The van der Waals surface area contributed by atoms with Crippen LogP contribution >= 0.6 is 0 Å². The van der Waals surface area contributed by atoms with Gasteiger partial charge >= 0.3 is 0 Å². The number of Topliss-reactive ketones (excluding diaryl/α,β-unsaturated/α-hetero) is 1. The highest BCUT2D eigenvalue weighted by atomic mass is 16.1. The van der Waals surface area contributed by atoms with Crippen LogP contribution in [-0.2, 0) is 4.79 Å². The maximum atomic E-state index is 11.1. The summed E-state index contributed by atoms with van der Waals surface area (Å²) in [5, 5.41) is 0. The number of carbonyl (C=O) groups is 1. The molecule has 14 heavy (non-hydrogen) atoms. The van der Waals surface area contributed by atoms with Crippen LogP contribution in [0.5, 0.6) is 0 Å². The van der Waals surface area contributed by atoms with E-state index in [2.05, 4.69) is 9.97 Å². The van der Waals surface area contributed by atoms with Crippen LogP contribution in [0.2, 0.25) is 0 Å². The molecular formula is C11H16N2O. The van der Waals surface area contributed by atoms with E-state index in [1.165, 1.54) is 0 Å². The summed E-state index contributed by atoms with van der Waals surface area (Å²) in [6.07, 6.45) is 3.38. The van der Waals surface area contributed by atoms with Gasteiger partial charge < -0.3 is 4.98 Å². The molecule has 3 heteroatoms. The Morgan fingerprint density at radius 1 is 1.29 bits per heavy atom. The van der Waals surface area contributed by atoms with Crippen LogP contribution < -0.4 is 0 Å². The van der Waals surface area contributed by atoms with Crippen molar-refractivity contribution < 1.29 is 4.79 Å². The summed E-state index contributed by atoms with van der Waals surface area (Å²) >= 11 is 0. The Balaban J connectivity index is 2.12. The number of nitrogens with zero attached hydrogens (tertiary/aromatic N) is 1. The first-order chi connectivity index (χ1) is 6.66. The number of aromatic amines is 1. The average molecular weight is 192 g/mol. The van der Waals surface area contributed by atoms with Crippen molar-refractivity contribution in [3.8, 4) is 0 Å². The van der Waals surface area contributed by atoms with Crippen molar-refractivity contribution in [1.29, 1.82) is 0 Å². The summed E-state index contributed by atoms with van der Waals surface area (Å²) in [5.41, 5.74) is 2.23. The predicted molar refractivity (Wildman–Crippen MR) is 54.3 cm³/mol. The highest BCUT2D eigenvalue weighted by molar-refractivity contribution is 5.79. The minimum Gasteiger partial charge on any atom is -0.346 e. The maximum absolute atomic E-state index is 11.1. The SMILES string of the molecule is Cc1nc(C2CCC(=O)CC2)[nH]c1C. The number of carbonyl (C=O) groups excluding carboxylic acids is 1. The van der Waals surface area contributed by atoms with Crippen molar-refractivity contribution in [2.75, 3.05) is 0 Å². The molecule has 0 radical (unpaired) electrons. The zero-order chi connectivity index (χ0) is 10.1. The van der Waals surface area contributed by atoms with Crippen molar-refractivity contribution in [3.05, 3.63) is 17.2 Å². The standard InChI is InChI=1S/C11H16N2O/c1-7-8(2)13-11(12-7)9-3-5-10(14)6-4-9/h9H,3-6H2,1-2H3,(H,12,13). The zero-order valence-electron chi connectivity index (χ0n) is 8.76. The Morgan fingerprint density at radius 3 is 2.43 bits per heavy atom. The minimum atomic E-state index is 0.404. The second-order valence-electron chi connectivity index (χ2n) is 4.15. The second kappa shape index (κ2) is 3.56. The molecule has 0 amide bonds. The molecule has 1 fully saturated rings. The van der Waals surface area contributed by atoms with Crippen LogP contribution in [0.3, 0.4) is 0 Å². The number of rotatable bonds is 1. The molecule has 0 unspecified atom stereocenters. The fourth-order valence-corrected chi connectivity index (χ4v) is 1.98. The van der Waals surface area contributed by atoms with E-state index in [9.17, 15) is 4.79 Å². The van der Waals surface area contributed by atoms with Crippen LogP contribution in [0, 0.1) is 13.8 Å². The van der Waals surface area contributed by atoms with E-state index in [0.717, 1.165) is 42.9 Å². The molecule has 2 rings (SSSR count). The monoisotopic (exact) mass is 192 g/mol. The molecule has 1 N–H and O–H groups in total. The topological polar surface area (TPSA) is 45.8 Å². The predicted octanol–water partition coefficient (Wildman–Crippen LogP) is 2.25.